The number of benzene rings is 1. The number of pyridine rings is 1. The fourth-order valence-electron chi connectivity index (χ4n) is 2.41. The molecule has 1 aliphatic rings. The Morgan fingerprint density at radius 2 is 1.91 bits per heavy atom. The molecule has 5 heteroatoms. The first-order valence-corrected chi connectivity index (χ1v) is 7.67. The summed E-state index contributed by atoms with van der Waals surface area (Å²) in [6, 6.07) is 10.8. The molecule has 0 spiro atoms. The van der Waals surface area contributed by atoms with Crippen molar-refractivity contribution in [1.29, 1.82) is 0 Å². The summed E-state index contributed by atoms with van der Waals surface area (Å²) in [5.41, 5.74) is 2.11. The number of carbonyl (C=O) groups is 2. The molecule has 1 N–H and O–H groups in total. The van der Waals surface area contributed by atoms with E-state index in [0.29, 0.717) is 17.1 Å². The second-order valence-corrected chi connectivity index (χ2v) is 5.86. The van der Waals surface area contributed by atoms with Crippen LogP contribution >= 0.6 is 0 Å². The molecule has 3 rings (SSSR count). The van der Waals surface area contributed by atoms with Crippen LogP contribution in [0.3, 0.4) is 0 Å². The predicted octanol–water partition coefficient (Wildman–Crippen LogP) is 3.02. The van der Waals surface area contributed by atoms with Gasteiger partial charge in [-0.05, 0) is 43.5 Å². The van der Waals surface area contributed by atoms with Crippen molar-refractivity contribution in [2.75, 3.05) is 17.3 Å². The molecule has 1 aromatic heterocycles. The van der Waals surface area contributed by atoms with Gasteiger partial charge < -0.3 is 10.2 Å². The second kappa shape index (κ2) is 6.20. The van der Waals surface area contributed by atoms with Crippen LogP contribution in [0.25, 0.3) is 0 Å². The molecule has 2 aromatic rings. The van der Waals surface area contributed by atoms with E-state index in [2.05, 4.69) is 10.3 Å². The first-order valence-electron chi connectivity index (χ1n) is 7.67. The van der Waals surface area contributed by atoms with Crippen LogP contribution in [-0.4, -0.2) is 23.8 Å². The van der Waals surface area contributed by atoms with E-state index in [1.165, 1.54) is 0 Å². The van der Waals surface area contributed by atoms with Crippen molar-refractivity contribution in [1.82, 2.24) is 4.98 Å². The summed E-state index contributed by atoms with van der Waals surface area (Å²) >= 11 is 0. The van der Waals surface area contributed by atoms with Gasteiger partial charge >= 0.3 is 0 Å². The molecular weight excluding hydrogens is 290 g/mol. The number of carbonyl (C=O) groups excluding carboxylic acids is 2. The van der Waals surface area contributed by atoms with Gasteiger partial charge in [0.1, 0.15) is 5.82 Å². The first-order chi connectivity index (χ1) is 11.1. The van der Waals surface area contributed by atoms with Crippen molar-refractivity contribution in [3.8, 4) is 0 Å². The van der Waals surface area contributed by atoms with Crippen LogP contribution in [0.2, 0.25) is 0 Å². The van der Waals surface area contributed by atoms with Crippen molar-refractivity contribution in [2.24, 2.45) is 5.92 Å². The quantitative estimate of drug-likeness (QED) is 0.944. The van der Waals surface area contributed by atoms with Gasteiger partial charge in [-0.25, -0.2) is 4.98 Å². The Morgan fingerprint density at radius 1 is 1.17 bits per heavy atom. The SMILES string of the molecule is Cc1ccc(NC(=O)c2ccccc2N(C)C(=O)C2CC2)nc1. The third-order valence-corrected chi connectivity index (χ3v) is 3.92. The molecule has 1 saturated carbocycles. The molecule has 0 unspecified atom stereocenters. The van der Waals surface area contributed by atoms with Gasteiger partial charge in [-0.3, -0.25) is 9.59 Å². The lowest BCUT2D eigenvalue weighted by Crippen LogP contribution is -2.30. The molecule has 1 fully saturated rings. The highest BCUT2D eigenvalue weighted by atomic mass is 16.2. The highest BCUT2D eigenvalue weighted by Crippen LogP contribution is 2.33. The molecule has 0 saturated heterocycles. The van der Waals surface area contributed by atoms with Gasteiger partial charge in [-0.2, -0.15) is 0 Å². The fraction of sp³-hybridized carbons (Fsp3) is 0.278. The zero-order chi connectivity index (χ0) is 16.4. The van der Waals surface area contributed by atoms with Gasteiger partial charge in [0.05, 0.1) is 11.3 Å². The minimum Gasteiger partial charge on any atom is -0.314 e. The second-order valence-electron chi connectivity index (χ2n) is 5.86. The lowest BCUT2D eigenvalue weighted by Gasteiger charge is -2.20. The monoisotopic (exact) mass is 309 g/mol. The maximum absolute atomic E-state index is 12.5. The Bertz CT molecular complexity index is 736. The standard InChI is InChI=1S/C18H19N3O2/c1-12-7-10-16(19-11-12)20-17(22)14-5-3-4-6-15(14)21(2)18(23)13-8-9-13/h3-7,10-11,13H,8-9H2,1-2H3,(H,19,20,22). The van der Waals surface area contributed by atoms with Crippen LogP contribution < -0.4 is 10.2 Å². The summed E-state index contributed by atoms with van der Waals surface area (Å²) in [5.74, 6) is 0.396. The summed E-state index contributed by atoms with van der Waals surface area (Å²) in [4.78, 5) is 30.6. The van der Waals surface area contributed by atoms with Crippen LogP contribution in [-0.2, 0) is 4.79 Å². The van der Waals surface area contributed by atoms with Gasteiger partial charge in [-0.15, -0.1) is 0 Å². The first kappa shape index (κ1) is 15.2. The molecular formula is C18H19N3O2. The van der Waals surface area contributed by atoms with Gasteiger partial charge in [0.2, 0.25) is 5.91 Å². The summed E-state index contributed by atoms with van der Waals surface area (Å²) < 4.78 is 0. The molecule has 1 aliphatic carbocycles. The molecule has 0 bridgehead atoms. The Labute approximate surface area is 135 Å². The minimum absolute atomic E-state index is 0.0683. The number of aryl methyl sites for hydroxylation is 1. The molecule has 23 heavy (non-hydrogen) atoms. The number of hydrogen-bond donors (Lipinski definition) is 1. The average Bonchev–Trinajstić information content (AvgIpc) is 3.40. The smallest absolute Gasteiger partial charge is 0.258 e. The molecule has 1 heterocycles. The maximum atomic E-state index is 12.5. The topological polar surface area (TPSA) is 62.3 Å². The van der Waals surface area contributed by atoms with Crippen LogP contribution in [0.15, 0.2) is 42.6 Å². The minimum atomic E-state index is -0.271. The summed E-state index contributed by atoms with van der Waals surface area (Å²) in [6.45, 7) is 1.94. The van der Waals surface area contributed by atoms with Crippen molar-refractivity contribution in [2.45, 2.75) is 19.8 Å². The number of amides is 2. The molecule has 2 amide bonds. The molecule has 0 radical (unpaired) electrons. The zero-order valence-corrected chi connectivity index (χ0v) is 13.2. The van der Waals surface area contributed by atoms with E-state index < -0.39 is 0 Å². The highest BCUT2D eigenvalue weighted by molar-refractivity contribution is 6.10. The normalized spacial score (nSPS) is 13.5. The van der Waals surface area contributed by atoms with Crippen molar-refractivity contribution in [3.05, 3.63) is 53.7 Å². The maximum Gasteiger partial charge on any atom is 0.258 e. The van der Waals surface area contributed by atoms with E-state index in [9.17, 15) is 9.59 Å². The van der Waals surface area contributed by atoms with E-state index in [4.69, 9.17) is 0 Å². The van der Waals surface area contributed by atoms with Crippen LogP contribution in [0.5, 0.6) is 0 Å². The number of rotatable bonds is 4. The third kappa shape index (κ3) is 3.39. The molecule has 118 valence electrons. The van der Waals surface area contributed by atoms with E-state index in [1.807, 2.05) is 19.1 Å². The van der Waals surface area contributed by atoms with Crippen molar-refractivity contribution in [3.63, 3.8) is 0 Å². The Kier molecular flexibility index (Phi) is 4.10. The van der Waals surface area contributed by atoms with Crippen molar-refractivity contribution < 1.29 is 9.59 Å². The van der Waals surface area contributed by atoms with Crippen LogP contribution in [0.4, 0.5) is 11.5 Å². The summed E-state index contributed by atoms with van der Waals surface area (Å²) in [7, 11) is 1.72. The van der Waals surface area contributed by atoms with Gasteiger partial charge in [0.25, 0.3) is 5.91 Å². The number of nitrogens with one attached hydrogen (secondary N) is 1. The molecule has 0 atom stereocenters. The number of nitrogens with zero attached hydrogens (tertiary/aromatic N) is 2. The Morgan fingerprint density at radius 3 is 2.57 bits per heavy atom. The van der Waals surface area contributed by atoms with E-state index in [-0.39, 0.29) is 17.7 Å². The van der Waals surface area contributed by atoms with Crippen molar-refractivity contribution >= 4 is 23.3 Å². The zero-order valence-electron chi connectivity index (χ0n) is 13.2. The number of aromatic nitrogens is 1. The largest absolute Gasteiger partial charge is 0.314 e. The predicted molar refractivity (Wildman–Crippen MR) is 89.5 cm³/mol. The number of anilines is 2. The van der Waals surface area contributed by atoms with E-state index >= 15 is 0 Å². The Balaban J connectivity index is 1.82. The fourth-order valence-corrected chi connectivity index (χ4v) is 2.41. The molecule has 5 nitrogen and oxygen atoms in total. The summed E-state index contributed by atoms with van der Waals surface area (Å²) in [5, 5.41) is 2.78. The number of hydrogen-bond acceptors (Lipinski definition) is 3. The van der Waals surface area contributed by atoms with E-state index in [0.717, 1.165) is 18.4 Å². The lowest BCUT2D eigenvalue weighted by molar-refractivity contribution is -0.119. The molecule has 1 aromatic carbocycles. The number of para-hydroxylation sites is 1. The lowest BCUT2D eigenvalue weighted by atomic mass is 10.1. The summed E-state index contributed by atoms with van der Waals surface area (Å²) in [6.07, 6.45) is 3.57. The molecule has 0 aliphatic heterocycles. The van der Waals surface area contributed by atoms with Gasteiger partial charge in [0.15, 0.2) is 0 Å². The Hall–Kier alpha value is -2.69. The average molecular weight is 309 g/mol. The highest BCUT2D eigenvalue weighted by Gasteiger charge is 2.33. The van der Waals surface area contributed by atoms with Gasteiger partial charge in [-0.1, -0.05) is 18.2 Å². The third-order valence-electron chi connectivity index (χ3n) is 3.92. The van der Waals surface area contributed by atoms with Gasteiger partial charge in [0, 0.05) is 19.2 Å². The van der Waals surface area contributed by atoms with E-state index in [1.54, 1.807) is 42.4 Å². The van der Waals surface area contributed by atoms with Crippen LogP contribution in [0, 0.1) is 12.8 Å². The van der Waals surface area contributed by atoms with Crippen LogP contribution in [0.1, 0.15) is 28.8 Å².